The zero-order valence-electron chi connectivity index (χ0n) is 6.25. The van der Waals surface area contributed by atoms with Crippen molar-refractivity contribution in [1.82, 2.24) is 0 Å². The Morgan fingerprint density at radius 3 is 2.42 bits per heavy atom. The number of nitriles is 1. The zero-order valence-corrected chi connectivity index (χ0v) is 6.25. The second-order valence-electron chi connectivity index (χ2n) is 2.34. The molecule has 60 valence electrons. The lowest BCUT2D eigenvalue weighted by Crippen LogP contribution is -1.93. The molecule has 1 aromatic rings. The fraction of sp³-hybridized carbons (Fsp3) is 0.111. The normalized spacial score (nSPS) is 9.00. The van der Waals surface area contributed by atoms with E-state index in [1.165, 1.54) is 0 Å². The summed E-state index contributed by atoms with van der Waals surface area (Å²) >= 11 is 0. The third-order valence-corrected chi connectivity index (χ3v) is 1.43. The Bertz CT molecular complexity index is 323. The van der Waals surface area contributed by atoms with Gasteiger partial charge < -0.3 is 0 Å². The van der Waals surface area contributed by atoms with Gasteiger partial charge in [0.25, 0.3) is 0 Å². The van der Waals surface area contributed by atoms with E-state index in [2.05, 4.69) is 0 Å². The molecule has 0 unspecified atom stereocenters. The maximum absolute atomic E-state index is 11.9. The first-order valence-electron chi connectivity index (χ1n) is 3.40. The van der Waals surface area contributed by atoms with E-state index in [1.54, 1.807) is 24.3 Å². The molecule has 3 heteroatoms. The van der Waals surface area contributed by atoms with Gasteiger partial charge in [0.05, 0.1) is 18.1 Å². The van der Waals surface area contributed by atoms with E-state index in [9.17, 15) is 9.18 Å². The fourth-order valence-corrected chi connectivity index (χ4v) is 0.858. The van der Waals surface area contributed by atoms with Gasteiger partial charge in [0, 0.05) is 0 Å². The van der Waals surface area contributed by atoms with Crippen LogP contribution in [0.25, 0.3) is 0 Å². The molecule has 0 spiro atoms. The summed E-state index contributed by atoms with van der Waals surface area (Å²) in [4.78, 5) is 10.0. The SMILES string of the molecule is N#Cc1ccc(CC(=O)F)cc1. The number of hydrogen-bond donors (Lipinski definition) is 0. The molecule has 0 fully saturated rings. The molecule has 2 nitrogen and oxygen atoms in total. The highest BCUT2D eigenvalue weighted by molar-refractivity contribution is 5.71. The summed E-state index contributed by atoms with van der Waals surface area (Å²) in [6.07, 6.45) is -0.217. The van der Waals surface area contributed by atoms with E-state index < -0.39 is 6.04 Å². The van der Waals surface area contributed by atoms with Crippen LogP contribution in [0.2, 0.25) is 0 Å². The molecule has 1 rings (SSSR count). The lowest BCUT2D eigenvalue weighted by Gasteiger charge is -1.94. The lowest BCUT2D eigenvalue weighted by atomic mass is 10.1. The molecule has 0 aromatic heterocycles. The molecule has 0 saturated heterocycles. The van der Waals surface area contributed by atoms with Crippen LogP contribution in [0.5, 0.6) is 0 Å². The van der Waals surface area contributed by atoms with Crippen molar-refractivity contribution >= 4 is 6.04 Å². The van der Waals surface area contributed by atoms with E-state index >= 15 is 0 Å². The number of carbonyl (C=O) groups excluding carboxylic acids is 1. The Morgan fingerprint density at radius 2 is 2.00 bits per heavy atom. The van der Waals surface area contributed by atoms with Gasteiger partial charge in [-0.2, -0.15) is 9.65 Å². The number of rotatable bonds is 2. The van der Waals surface area contributed by atoms with E-state index in [1.807, 2.05) is 6.07 Å². The van der Waals surface area contributed by atoms with Crippen molar-refractivity contribution in [3.05, 3.63) is 35.4 Å². The second kappa shape index (κ2) is 3.63. The quantitative estimate of drug-likeness (QED) is 0.621. The van der Waals surface area contributed by atoms with Gasteiger partial charge in [-0.1, -0.05) is 12.1 Å². The van der Waals surface area contributed by atoms with Crippen LogP contribution < -0.4 is 0 Å². The molecular formula is C9H6FNO. The van der Waals surface area contributed by atoms with Gasteiger partial charge in [-0.15, -0.1) is 0 Å². The van der Waals surface area contributed by atoms with E-state index in [4.69, 9.17) is 5.26 Å². The summed E-state index contributed by atoms with van der Waals surface area (Å²) in [5.74, 6) is 0. The highest BCUT2D eigenvalue weighted by atomic mass is 19.1. The average Bonchev–Trinajstić information content (AvgIpc) is 2.05. The first-order valence-corrected chi connectivity index (χ1v) is 3.40. The summed E-state index contributed by atoms with van der Waals surface area (Å²) < 4.78 is 11.9. The summed E-state index contributed by atoms with van der Waals surface area (Å²) in [6, 6.07) is 6.81. The van der Waals surface area contributed by atoms with Gasteiger partial charge in [0.15, 0.2) is 0 Å². The molecule has 1 aromatic carbocycles. The molecule has 0 N–H and O–H groups in total. The van der Waals surface area contributed by atoms with Crippen LogP contribution in [-0.2, 0) is 11.2 Å². The number of carbonyl (C=O) groups is 1. The number of nitrogens with zero attached hydrogens (tertiary/aromatic N) is 1. The van der Waals surface area contributed by atoms with Crippen molar-refractivity contribution in [1.29, 1.82) is 5.26 Å². The molecule has 0 bridgehead atoms. The maximum atomic E-state index is 11.9. The van der Waals surface area contributed by atoms with E-state index in [0.29, 0.717) is 11.1 Å². The first-order chi connectivity index (χ1) is 5.72. The fourth-order valence-electron chi connectivity index (χ4n) is 0.858. The number of benzene rings is 1. The zero-order chi connectivity index (χ0) is 8.97. The van der Waals surface area contributed by atoms with E-state index in [-0.39, 0.29) is 6.42 Å². The summed E-state index contributed by atoms with van der Waals surface area (Å²) in [6.45, 7) is 0. The molecule has 0 radical (unpaired) electrons. The van der Waals surface area contributed by atoms with Crippen LogP contribution in [0.1, 0.15) is 11.1 Å². The molecule has 0 heterocycles. The third kappa shape index (κ3) is 2.17. The summed E-state index contributed by atoms with van der Waals surface area (Å²) in [5, 5.41) is 8.42. The van der Waals surface area contributed by atoms with Crippen molar-refractivity contribution in [2.24, 2.45) is 0 Å². The van der Waals surface area contributed by atoms with Gasteiger partial charge in [-0.25, -0.2) is 0 Å². The van der Waals surface area contributed by atoms with Gasteiger partial charge in [0.2, 0.25) is 0 Å². The Morgan fingerprint density at radius 1 is 1.42 bits per heavy atom. The minimum Gasteiger partial charge on any atom is -0.261 e. The highest BCUT2D eigenvalue weighted by Crippen LogP contribution is 2.04. The molecule has 12 heavy (non-hydrogen) atoms. The Labute approximate surface area is 69.2 Å². The van der Waals surface area contributed by atoms with Crippen LogP contribution in [-0.4, -0.2) is 6.04 Å². The van der Waals surface area contributed by atoms with Gasteiger partial charge in [-0.3, -0.25) is 4.79 Å². The summed E-state index contributed by atoms with van der Waals surface area (Å²) in [7, 11) is 0. The molecule has 0 saturated carbocycles. The maximum Gasteiger partial charge on any atom is 0.305 e. The van der Waals surface area contributed by atoms with Gasteiger partial charge >= 0.3 is 6.04 Å². The summed E-state index contributed by atoms with van der Waals surface area (Å²) in [5.41, 5.74) is 1.09. The predicted octanol–water partition coefficient (Wildman–Crippen LogP) is 1.60. The van der Waals surface area contributed by atoms with Crippen LogP contribution in [0, 0.1) is 11.3 Å². The Kier molecular flexibility index (Phi) is 2.54. The molecule has 0 aliphatic rings. The van der Waals surface area contributed by atoms with Crippen molar-refractivity contribution in [3.8, 4) is 6.07 Å². The predicted molar refractivity (Wildman–Crippen MR) is 41.0 cm³/mol. The smallest absolute Gasteiger partial charge is 0.261 e. The molecule has 0 amide bonds. The molecular weight excluding hydrogens is 157 g/mol. The molecule has 0 aliphatic heterocycles. The molecule has 0 aliphatic carbocycles. The minimum absolute atomic E-state index is 0.217. The van der Waals surface area contributed by atoms with Crippen LogP contribution in [0.4, 0.5) is 4.39 Å². The number of hydrogen-bond acceptors (Lipinski definition) is 2. The standard InChI is InChI=1S/C9H6FNO/c10-9(12)5-7-1-3-8(6-11)4-2-7/h1-4H,5H2. The minimum atomic E-state index is -1.36. The Hall–Kier alpha value is -1.69. The van der Waals surface area contributed by atoms with Crippen molar-refractivity contribution in [3.63, 3.8) is 0 Å². The highest BCUT2D eigenvalue weighted by Gasteiger charge is 2.00. The third-order valence-electron chi connectivity index (χ3n) is 1.43. The van der Waals surface area contributed by atoms with Gasteiger partial charge in [0.1, 0.15) is 0 Å². The van der Waals surface area contributed by atoms with Gasteiger partial charge in [-0.05, 0) is 17.7 Å². The van der Waals surface area contributed by atoms with Crippen molar-refractivity contribution < 1.29 is 9.18 Å². The van der Waals surface area contributed by atoms with Crippen LogP contribution in [0.15, 0.2) is 24.3 Å². The average molecular weight is 163 g/mol. The topological polar surface area (TPSA) is 40.9 Å². The first kappa shape index (κ1) is 8.41. The largest absolute Gasteiger partial charge is 0.305 e. The Balaban J connectivity index is 2.80. The van der Waals surface area contributed by atoms with Crippen molar-refractivity contribution in [2.75, 3.05) is 0 Å². The lowest BCUT2D eigenvalue weighted by molar-refractivity contribution is -0.128. The van der Waals surface area contributed by atoms with Crippen LogP contribution in [0.3, 0.4) is 0 Å². The van der Waals surface area contributed by atoms with E-state index in [0.717, 1.165) is 0 Å². The molecule has 0 atom stereocenters. The van der Waals surface area contributed by atoms with Crippen molar-refractivity contribution in [2.45, 2.75) is 6.42 Å². The monoisotopic (exact) mass is 163 g/mol. The second-order valence-corrected chi connectivity index (χ2v) is 2.34. The van der Waals surface area contributed by atoms with Crippen LogP contribution >= 0.6 is 0 Å². The number of halogens is 1.